The van der Waals surface area contributed by atoms with Crippen molar-refractivity contribution >= 4 is 23.2 Å². The number of amides is 2. The van der Waals surface area contributed by atoms with E-state index in [1.165, 1.54) is 4.90 Å². The van der Waals surface area contributed by atoms with Crippen LogP contribution in [0.3, 0.4) is 0 Å². The molecule has 2 aromatic carbocycles. The van der Waals surface area contributed by atoms with Gasteiger partial charge in [-0.05, 0) is 49.2 Å². The smallest absolute Gasteiger partial charge is 0.313 e. The summed E-state index contributed by atoms with van der Waals surface area (Å²) in [6, 6.07) is 14.1. The maximum Gasteiger partial charge on any atom is 0.313 e. The summed E-state index contributed by atoms with van der Waals surface area (Å²) in [6.45, 7) is 7.43. The van der Waals surface area contributed by atoms with Gasteiger partial charge in [0.05, 0.1) is 19.8 Å². The second kappa shape index (κ2) is 10.4. The van der Waals surface area contributed by atoms with E-state index < -0.39 is 11.8 Å². The van der Waals surface area contributed by atoms with E-state index in [4.69, 9.17) is 4.74 Å². The second-order valence-electron chi connectivity index (χ2n) is 8.35. The first-order valence-corrected chi connectivity index (χ1v) is 10.7. The highest BCUT2D eigenvalue weighted by Gasteiger charge is 2.28. The molecule has 2 aromatic rings. The lowest BCUT2D eigenvalue weighted by Crippen LogP contribution is -3.15. The van der Waals surface area contributed by atoms with Gasteiger partial charge in [0.15, 0.2) is 0 Å². The molecule has 1 heterocycles. The summed E-state index contributed by atoms with van der Waals surface area (Å²) in [5.41, 5.74) is 4.96. The second-order valence-corrected chi connectivity index (χ2v) is 8.35. The van der Waals surface area contributed by atoms with Gasteiger partial charge in [0.1, 0.15) is 19.1 Å². The Bertz CT molecular complexity index is 885. The molecule has 1 saturated heterocycles. The summed E-state index contributed by atoms with van der Waals surface area (Å²) in [7, 11) is 4.02. The van der Waals surface area contributed by atoms with E-state index in [1.54, 1.807) is 0 Å². The first-order valence-electron chi connectivity index (χ1n) is 10.7. The van der Waals surface area contributed by atoms with Gasteiger partial charge in [-0.3, -0.25) is 9.59 Å². The van der Waals surface area contributed by atoms with Crippen molar-refractivity contribution in [3.8, 4) is 0 Å². The van der Waals surface area contributed by atoms with Crippen LogP contribution >= 0.6 is 0 Å². The Hall–Kier alpha value is -2.90. The number of carbonyl (C=O) groups excluding carboxylic acids is 2. The molecular formula is C24H33N4O3+. The Labute approximate surface area is 184 Å². The lowest BCUT2D eigenvalue weighted by molar-refractivity contribution is -0.937. The number of carbonyl (C=O) groups is 2. The first-order chi connectivity index (χ1) is 14.8. The van der Waals surface area contributed by atoms with Crippen molar-refractivity contribution in [3.05, 3.63) is 59.2 Å². The van der Waals surface area contributed by atoms with Crippen molar-refractivity contribution in [2.24, 2.45) is 0 Å². The van der Waals surface area contributed by atoms with Crippen LogP contribution < -0.4 is 20.4 Å². The van der Waals surface area contributed by atoms with Crippen LogP contribution in [0.25, 0.3) is 0 Å². The van der Waals surface area contributed by atoms with Crippen molar-refractivity contribution in [2.45, 2.75) is 19.9 Å². The fourth-order valence-corrected chi connectivity index (χ4v) is 3.99. The van der Waals surface area contributed by atoms with Crippen LogP contribution in [0, 0.1) is 13.8 Å². The van der Waals surface area contributed by atoms with Gasteiger partial charge in [-0.15, -0.1) is 0 Å². The molecule has 0 saturated carbocycles. The van der Waals surface area contributed by atoms with Crippen molar-refractivity contribution in [2.75, 3.05) is 57.2 Å². The third-order valence-corrected chi connectivity index (χ3v) is 5.59. The molecule has 0 bridgehead atoms. The highest BCUT2D eigenvalue weighted by molar-refractivity contribution is 6.39. The quantitative estimate of drug-likeness (QED) is 0.606. The zero-order valence-electron chi connectivity index (χ0n) is 18.8. The van der Waals surface area contributed by atoms with Crippen LogP contribution in [0.4, 0.5) is 11.4 Å². The molecule has 1 aliphatic heterocycles. The van der Waals surface area contributed by atoms with Gasteiger partial charge in [-0.25, -0.2) is 0 Å². The summed E-state index contributed by atoms with van der Waals surface area (Å²) in [5, 5.41) is 5.55. The molecule has 2 amide bonds. The van der Waals surface area contributed by atoms with Crippen LogP contribution in [0.2, 0.25) is 0 Å². The zero-order chi connectivity index (χ0) is 22.4. The largest absolute Gasteiger partial charge is 0.378 e. The van der Waals surface area contributed by atoms with Crippen LogP contribution in [0.15, 0.2) is 42.5 Å². The fourth-order valence-electron chi connectivity index (χ4n) is 3.99. The van der Waals surface area contributed by atoms with Crippen molar-refractivity contribution < 1.29 is 19.2 Å². The molecule has 7 nitrogen and oxygen atoms in total. The summed E-state index contributed by atoms with van der Waals surface area (Å²) < 4.78 is 5.51. The number of aryl methyl sites for hydroxylation is 2. The van der Waals surface area contributed by atoms with Gasteiger partial charge in [0, 0.05) is 31.0 Å². The van der Waals surface area contributed by atoms with Gasteiger partial charge in [0.2, 0.25) is 0 Å². The number of ether oxygens (including phenoxy) is 1. The maximum absolute atomic E-state index is 12.5. The van der Waals surface area contributed by atoms with Crippen LogP contribution in [0.1, 0.15) is 22.7 Å². The molecule has 3 N–H and O–H groups in total. The molecule has 166 valence electrons. The number of nitrogens with one attached hydrogen (secondary N) is 3. The Morgan fingerprint density at radius 1 is 1.00 bits per heavy atom. The molecule has 31 heavy (non-hydrogen) atoms. The fraction of sp³-hybridized carbons (Fsp3) is 0.417. The van der Waals surface area contributed by atoms with Crippen LogP contribution in [-0.2, 0) is 14.3 Å². The summed E-state index contributed by atoms with van der Waals surface area (Å²) >= 11 is 0. The number of morpholine rings is 1. The van der Waals surface area contributed by atoms with Gasteiger partial charge in [0.25, 0.3) is 0 Å². The normalized spacial score (nSPS) is 15.2. The lowest BCUT2D eigenvalue weighted by Gasteiger charge is -2.32. The molecule has 0 radical (unpaired) electrons. The predicted octanol–water partition coefficient (Wildman–Crippen LogP) is 1.08. The Morgan fingerprint density at radius 3 is 2.19 bits per heavy atom. The van der Waals surface area contributed by atoms with E-state index in [0.717, 1.165) is 35.5 Å². The van der Waals surface area contributed by atoms with Crippen molar-refractivity contribution in [3.63, 3.8) is 0 Å². The zero-order valence-corrected chi connectivity index (χ0v) is 18.8. The van der Waals surface area contributed by atoms with E-state index >= 15 is 0 Å². The number of quaternary nitrogens is 1. The highest BCUT2D eigenvalue weighted by atomic mass is 16.5. The minimum absolute atomic E-state index is 0.0538. The minimum atomic E-state index is -0.649. The molecule has 7 heteroatoms. The number of anilines is 2. The molecule has 0 spiro atoms. The number of benzene rings is 2. The SMILES string of the molecule is Cc1cc(C)cc(NC(=O)C(=O)NC[C@H](c2ccc(N(C)C)cc2)[NH+]2CCOCC2)c1. The number of rotatable bonds is 6. The summed E-state index contributed by atoms with van der Waals surface area (Å²) in [4.78, 5) is 28.3. The third-order valence-electron chi connectivity index (χ3n) is 5.59. The molecule has 1 aliphatic rings. The van der Waals surface area contributed by atoms with E-state index in [9.17, 15) is 9.59 Å². The molecule has 0 aromatic heterocycles. The van der Waals surface area contributed by atoms with Crippen LogP contribution in [0.5, 0.6) is 0 Å². The molecular weight excluding hydrogens is 392 g/mol. The Morgan fingerprint density at radius 2 is 1.61 bits per heavy atom. The van der Waals surface area contributed by atoms with Crippen LogP contribution in [-0.4, -0.2) is 58.8 Å². The number of nitrogens with zero attached hydrogens (tertiary/aromatic N) is 1. The molecule has 1 atom stereocenters. The van der Waals surface area contributed by atoms with Gasteiger partial charge in [-0.1, -0.05) is 18.2 Å². The maximum atomic E-state index is 12.5. The van der Waals surface area contributed by atoms with Gasteiger partial charge in [-0.2, -0.15) is 0 Å². The lowest BCUT2D eigenvalue weighted by atomic mass is 10.0. The molecule has 0 aliphatic carbocycles. The highest BCUT2D eigenvalue weighted by Crippen LogP contribution is 2.17. The third kappa shape index (κ3) is 6.29. The number of hydrogen-bond acceptors (Lipinski definition) is 4. The Balaban J connectivity index is 1.67. The van der Waals surface area contributed by atoms with E-state index in [1.807, 2.05) is 46.1 Å². The van der Waals surface area contributed by atoms with Crippen molar-refractivity contribution in [1.29, 1.82) is 0 Å². The average Bonchev–Trinajstić information content (AvgIpc) is 2.74. The van der Waals surface area contributed by atoms with Crippen molar-refractivity contribution in [1.82, 2.24) is 5.32 Å². The standard InChI is InChI=1S/C24H32N4O3/c1-17-13-18(2)15-20(14-17)26-24(30)23(29)25-16-22(28-9-11-31-12-10-28)19-5-7-21(8-6-19)27(3)4/h5-8,13-15,22H,9-12,16H2,1-4H3,(H,25,29)(H,26,30)/p+1/t22-/m1/s1. The number of hydrogen-bond donors (Lipinski definition) is 3. The average molecular weight is 426 g/mol. The van der Waals surface area contributed by atoms with E-state index in [0.29, 0.717) is 25.4 Å². The molecule has 3 rings (SSSR count). The molecule has 0 unspecified atom stereocenters. The summed E-state index contributed by atoms with van der Waals surface area (Å²) in [5.74, 6) is -1.27. The van der Waals surface area contributed by atoms with Gasteiger partial charge < -0.3 is 25.2 Å². The van der Waals surface area contributed by atoms with E-state index in [2.05, 4.69) is 39.8 Å². The summed E-state index contributed by atoms with van der Waals surface area (Å²) in [6.07, 6.45) is 0. The van der Waals surface area contributed by atoms with Gasteiger partial charge >= 0.3 is 11.8 Å². The van der Waals surface area contributed by atoms with E-state index in [-0.39, 0.29) is 6.04 Å². The first kappa shape index (κ1) is 22.8. The minimum Gasteiger partial charge on any atom is -0.378 e. The molecule has 1 fully saturated rings. The Kier molecular flexibility index (Phi) is 7.65. The monoisotopic (exact) mass is 425 g/mol. The predicted molar refractivity (Wildman–Crippen MR) is 123 cm³/mol. The topological polar surface area (TPSA) is 75.1 Å².